The van der Waals surface area contributed by atoms with Crippen LogP contribution in [-0.4, -0.2) is 30.9 Å². The van der Waals surface area contributed by atoms with E-state index in [-0.39, 0.29) is 43.4 Å². The minimum absolute atomic E-state index is 0.227. The predicted molar refractivity (Wildman–Crippen MR) is 82.7 cm³/mol. The molecule has 1 saturated carbocycles. The van der Waals surface area contributed by atoms with Gasteiger partial charge in [-0.15, -0.1) is 0 Å². The van der Waals surface area contributed by atoms with E-state index in [1.807, 2.05) is 0 Å². The van der Waals surface area contributed by atoms with Crippen molar-refractivity contribution in [2.24, 2.45) is 5.92 Å². The Balaban J connectivity index is 1.73. The molecule has 2 N–H and O–H groups in total. The zero-order valence-electron chi connectivity index (χ0n) is 13.4. The molecule has 2 unspecified atom stereocenters. The zero-order chi connectivity index (χ0) is 17.3. The van der Waals surface area contributed by atoms with Crippen LogP contribution in [0.15, 0.2) is 24.3 Å². The van der Waals surface area contributed by atoms with Crippen LogP contribution >= 0.6 is 0 Å². The highest BCUT2D eigenvalue weighted by Crippen LogP contribution is 2.38. The number of methoxy groups -OCH3 is 1. The van der Waals surface area contributed by atoms with Gasteiger partial charge in [-0.1, -0.05) is 18.2 Å². The predicted octanol–water partition coefficient (Wildman–Crippen LogP) is 2.18. The Morgan fingerprint density at radius 2 is 1.75 bits per heavy atom. The fourth-order valence-electron chi connectivity index (χ4n) is 3.45. The molecule has 1 aromatic carbocycles. The van der Waals surface area contributed by atoms with Gasteiger partial charge < -0.3 is 15.4 Å². The Hall–Kier alpha value is -2.18. The van der Waals surface area contributed by atoms with Gasteiger partial charge in [0.15, 0.2) is 0 Å². The Morgan fingerprint density at radius 1 is 1.08 bits per heavy atom. The van der Waals surface area contributed by atoms with Crippen molar-refractivity contribution in [3.8, 4) is 5.75 Å². The second-order valence-corrected chi connectivity index (χ2v) is 6.36. The van der Waals surface area contributed by atoms with Crippen molar-refractivity contribution in [1.82, 2.24) is 10.6 Å². The summed E-state index contributed by atoms with van der Waals surface area (Å²) < 4.78 is 31.8. The van der Waals surface area contributed by atoms with E-state index >= 15 is 0 Å². The maximum Gasteiger partial charge on any atom is 0.248 e. The fourth-order valence-corrected chi connectivity index (χ4v) is 3.45. The van der Waals surface area contributed by atoms with E-state index in [1.165, 1.54) is 7.11 Å². The third-order valence-electron chi connectivity index (χ3n) is 4.81. The zero-order valence-corrected chi connectivity index (χ0v) is 13.4. The van der Waals surface area contributed by atoms with E-state index in [4.69, 9.17) is 4.74 Å². The molecule has 5 nitrogen and oxygen atoms in total. The number of para-hydroxylation sites is 1. The highest BCUT2D eigenvalue weighted by atomic mass is 19.3. The highest BCUT2D eigenvalue weighted by Gasteiger charge is 2.44. The molecule has 2 atom stereocenters. The molecule has 3 rings (SSSR count). The summed E-state index contributed by atoms with van der Waals surface area (Å²) in [6.07, 6.45) is -0.0319. The molecular formula is C17H20F2N2O3. The molecule has 130 valence electrons. The van der Waals surface area contributed by atoms with Crippen LogP contribution in [0.1, 0.15) is 37.3 Å². The van der Waals surface area contributed by atoms with Gasteiger partial charge in [0.2, 0.25) is 17.7 Å². The van der Waals surface area contributed by atoms with Gasteiger partial charge in [-0.05, 0) is 24.8 Å². The van der Waals surface area contributed by atoms with E-state index in [0.29, 0.717) is 11.3 Å². The molecule has 1 saturated heterocycles. The topological polar surface area (TPSA) is 67.4 Å². The van der Waals surface area contributed by atoms with Gasteiger partial charge in [-0.2, -0.15) is 0 Å². The van der Waals surface area contributed by atoms with Gasteiger partial charge in [-0.25, -0.2) is 8.78 Å². The lowest BCUT2D eigenvalue weighted by Crippen LogP contribution is -2.60. The number of hydrogen-bond acceptors (Lipinski definition) is 3. The molecule has 2 fully saturated rings. The number of rotatable bonds is 3. The van der Waals surface area contributed by atoms with Crippen LogP contribution in [0.4, 0.5) is 8.78 Å². The molecule has 0 radical (unpaired) electrons. The van der Waals surface area contributed by atoms with Crippen LogP contribution in [0.2, 0.25) is 0 Å². The van der Waals surface area contributed by atoms with E-state index in [9.17, 15) is 18.4 Å². The summed E-state index contributed by atoms with van der Waals surface area (Å²) in [4.78, 5) is 24.9. The van der Waals surface area contributed by atoms with Crippen molar-refractivity contribution < 1.29 is 23.1 Å². The molecule has 1 aromatic rings. The maximum absolute atomic E-state index is 13.3. The van der Waals surface area contributed by atoms with Crippen LogP contribution < -0.4 is 15.4 Å². The second kappa shape index (κ2) is 6.37. The second-order valence-electron chi connectivity index (χ2n) is 6.36. The van der Waals surface area contributed by atoms with Crippen molar-refractivity contribution in [2.75, 3.05) is 7.11 Å². The van der Waals surface area contributed by atoms with E-state index in [0.717, 1.165) is 0 Å². The molecule has 1 aliphatic heterocycles. The average molecular weight is 338 g/mol. The summed E-state index contributed by atoms with van der Waals surface area (Å²) in [6, 6.07) is 5.37. The van der Waals surface area contributed by atoms with Gasteiger partial charge in [0.05, 0.1) is 7.11 Å². The first-order chi connectivity index (χ1) is 11.4. The van der Waals surface area contributed by atoms with Gasteiger partial charge in [0, 0.05) is 18.4 Å². The Bertz CT molecular complexity index is 640. The number of amides is 2. The number of hydrogen-bond donors (Lipinski definition) is 2. The molecule has 1 heterocycles. The number of carbonyl (C=O) groups excluding carboxylic acids is 2. The molecule has 0 bridgehead atoms. The summed E-state index contributed by atoms with van der Waals surface area (Å²) in [5, 5.41) is 5.42. The van der Waals surface area contributed by atoms with Gasteiger partial charge in [-0.3, -0.25) is 9.59 Å². The summed E-state index contributed by atoms with van der Waals surface area (Å²) in [5.74, 6) is -3.09. The first kappa shape index (κ1) is 16.7. The van der Waals surface area contributed by atoms with E-state index in [2.05, 4.69) is 10.6 Å². The van der Waals surface area contributed by atoms with Gasteiger partial charge >= 0.3 is 0 Å². The minimum atomic E-state index is -2.66. The first-order valence-corrected chi connectivity index (χ1v) is 8.03. The lowest BCUT2D eigenvalue weighted by atomic mass is 9.80. The summed E-state index contributed by atoms with van der Waals surface area (Å²) in [6.45, 7) is 0. The van der Waals surface area contributed by atoms with Crippen LogP contribution in [0.25, 0.3) is 0 Å². The van der Waals surface area contributed by atoms with Crippen molar-refractivity contribution in [1.29, 1.82) is 0 Å². The molecule has 0 aromatic heterocycles. The van der Waals surface area contributed by atoms with E-state index in [1.54, 1.807) is 24.3 Å². The van der Waals surface area contributed by atoms with Crippen LogP contribution in [0.3, 0.4) is 0 Å². The number of halogens is 2. The lowest BCUT2D eigenvalue weighted by Gasteiger charge is -2.37. The highest BCUT2D eigenvalue weighted by molar-refractivity contribution is 5.98. The van der Waals surface area contributed by atoms with Gasteiger partial charge in [0.25, 0.3) is 0 Å². The monoisotopic (exact) mass is 338 g/mol. The molecule has 0 spiro atoms. The normalized spacial score (nSPS) is 27.3. The first-order valence-electron chi connectivity index (χ1n) is 8.03. The number of ether oxygens (including phenoxy) is 1. The third kappa shape index (κ3) is 3.20. The van der Waals surface area contributed by atoms with Crippen LogP contribution in [0, 0.1) is 5.92 Å². The van der Waals surface area contributed by atoms with Crippen LogP contribution in [0.5, 0.6) is 5.75 Å². The number of nitrogens with one attached hydrogen (secondary N) is 2. The quantitative estimate of drug-likeness (QED) is 0.888. The summed E-state index contributed by atoms with van der Waals surface area (Å²) in [5.41, 5.74) is 0.569. The van der Waals surface area contributed by atoms with Crippen molar-refractivity contribution in [3.63, 3.8) is 0 Å². The number of benzene rings is 1. The average Bonchev–Trinajstić information content (AvgIpc) is 2.57. The molecule has 2 aliphatic rings. The molecule has 7 heteroatoms. The number of piperazine rings is 1. The van der Waals surface area contributed by atoms with Crippen LogP contribution in [-0.2, 0) is 9.59 Å². The Morgan fingerprint density at radius 3 is 2.42 bits per heavy atom. The summed E-state index contributed by atoms with van der Waals surface area (Å²) >= 11 is 0. The Kier molecular flexibility index (Phi) is 4.43. The Labute approximate surface area is 138 Å². The maximum atomic E-state index is 13.3. The van der Waals surface area contributed by atoms with Gasteiger partial charge in [0.1, 0.15) is 17.8 Å². The molecule has 24 heavy (non-hydrogen) atoms. The smallest absolute Gasteiger partial charge is 0.248 e. The largest absolute Gasteiger partial charge is 0.496 e. The lowest BCUT2D eigenvalue weighted by molar-refractivity contribution is -0.139. The third-order valence-corrected chi connectivity index (χ3v) is 4.81. The van der Waals surface area contributed by atoms with E-state index < -0.39 is 18.0 Å². The molecule has 1 aliphatic carbocycles. The standard InChI is InChI=1S/C17H20F2N2O3/c1-24-12-5-3-2-4-11(12)14-16(23)20-13(15(22)21-14)10-6-8-17(18,19)9-7-10/h2-5,10,13-14H,6-9H2,1H3,(H,20,23)(H,21,22). The summed E-state index contributed by atoms with van der Waals surface area (Å²) in [7, 11) is 1.49. The molecule has 2 amide bonds. The van der Waals surface area contributed by atoms with Crippen molar-refractivity contribution >= 4 is 11.8 Å². The molecular weight excluding hydrogens is 318 g/mol. The van der Waals surface area contributed by atoms with Crippen molar-refractivity contribution in [2.45, 2.75) is 43.7 Å². The fraction of sp³-hybridized carbons (Fsp3) is 0.529. The number of alkyl halides is 2. The SMILES string of the molecule is COc1ccccc1C1NC(=O)C(C2CCC(F)(F)CC2)NC1=O. The van der Waals surface area contributed by atoms with Crippen molar-refractivity contribution in [3.05, 3.63) is 29.8 Å². The minimum Gasteiger partial charge on any atom is -0.496 e. The number of carbonyl (C=O) groups is 2.